The Morgan fingerprint density at radius 3 is 1.62 bits per heavy atom. The van der Waals surface area contributed by atoms with Gasteiger partial charge in [-0.25, -0.2) is 0 Å². The lowest BCUT2D eigenvalue weighted by Gasteiger charge is -2.23. The van der Waals surface area contributed by atoms with Crippen molar-refractivity contribution in [2.24, 2.45) is 0 Å². The number of rotatable bonds is 4. The van der Waals surface area contributed by atoms with E-state index in [9.17, 15) is 9.59 Å². The van der Waals surface area contributed by atoms with Crippen LogP contribution in [0.1, 0.15) is 76.9 Å². The van der Waals surface area contributed by atoms with Gasteiger partial charge in [-0.15, -0.1) is 0 Å². The lowest BCUT2D eigenvalue weighted by molar-refractivity contribution is 0.0641. The first kappa shape index (κ1) is 16.4. The maximum absolute atomic E-state index is 12.7. The smallest absolute Gasteiger partial charge is 0.261 e. The Balaban J connectivity index is 2.04. The number of carbonyl (C=O) groups is 2. The van der Waals surface area contributed by atoms with Crippen LogP contribution in [0.5, 0.6) is 0 Å². The van der Waals surface area contributed by atoms with Gasteiger partial charge in [-0.2, -0.15) is 0 Å². The molecule has 2 aromatic rings. The van der Waals surface area contributed by atoms with E-state index >= 15 is 0 Å². The molecule has 0 aliphatic carbocycles. The highest BCUT2D eigenvalue weighted by molar-refractivity contribution is 6.21. The highest BCUT2D eigenvalue weighted by Crippen LogP contribution is 2.31. The van der Waals surface area contributed by atoms with Gasteiger partial charge in [0.2, 0.25) is 0 Å². The van der Waals surface area contributed by atoms with Gasteiger partial charge in [-0.05, 0) is 40.7 Å². The first-order valence-corrected chi connectivity index (χ1v) is 8.48. The highest BCUT2D eigenvalue weighted by atomic mass is 16.2. The van der Waals surface area contributed by atoms with Crippen molar-refractivity contribution in [2.45, 2.75) is 46.1 Å². The second-order valence-corrected chi connectivity index (χ2v) is 6.97. The summed E-state index contributed by atoms with van der Waals surface area (Å²) in [6.07, 6.45) is 0. The maximum Gasteiger partial charge on any atom is 0.261 e. The van der Waals surface area contributed by atoms with Gasteiger partial charge < -0.3 is 0 Å². The van der Waals surface area contributed by atoms with Gasteiger partial charge in [0, 0.05) is 0 Å². The van der Waals surface area contributed by atoms with Crippen molar-refractivity contribution in [2.75, 3.05) is 0 Å². The van der Waals surface area contributed by atoms with E-state index in [1.165, 1.54) is 16.0 Å². The van der Waals surface area contributed by atoms with Crippen molar-refractivity contribution < 1.29 is 9.59 Å². The lowest BCUT2D eigenvalue weighted by atomic mass is 9.88. The van der Waals surface area contributed by atoms with Crippen molar-refractivity contribution in [3.63, 3.8) is 0 Å². The van der Waals surface area contributed by atoms with Crippen LogP contribution in [0.15, 0.2) is 42.5 Å². The normalized spacial score (nSPS) is 14.0. The van der Waals surface area contributed by atoms with E-state index in [2.05, 4.69) is 45.9 Å². The number of carbonyl (C=O) groups excluding carboxylic acids is 2. The third-order valence-corrected chi connectivity index (χ3v) is 4.69. The molecule has 0 bridgehead atoms. The maximum atomic E-state index is 12.7. The van der Waals surface area contributed by atoms with Crippen LogP contribution in [0, 0.1) is 0 Å². The Morgan fingerprint density at radius 1 is 0.750 bits per heavy atom. The van der Waals surface area contributed by atoms with E-state index in [4.69, 9.17) is 0 Å². The van der Waals surface area contributed by atoms with E-state index in [-0.39, 0.29) is 11.8 Å². The molecule has 124 valence electrons. The first-order valence-electron chi connectivity index (χ1n) is 8.48. The summed E-state index contributed by atoms with van der Waals surface area (Å²) in [4.78, 5) is 26.7. The number of amides is 2. The number of hydrogen-bond donors (Lipinski definition) is 0. The second kappa shape index (κ2) is 6.23. The summed E-state index contributed by atoms with van der Waals surface area (Å²) in [5.74, 6) is 0.301. The van der Waals surface area contributed by atoms with E-state index in [1.807, 2.05) is 0 Å². The minimum absolute atomic E-state index is 0.191. The molecule has 1 aliphatic heterocycles. The Hall–Kier alpha value is -2.42. The molecule has 0 N–H and O–H groups in total. The summed E-state index contributed by atoms with van der Waals surface area (Å²) in [5.41, 5.74) is 4.54. The molecule has 0 radical (unpaired) electrons. The van der Waals surface area contributed by atoms with E-state index in [1.54, 1.807) is 24.3 Å². The van der Waals surface area contributed by atoms with Crippen molar-refractivity contribution in [3.05, 3.63) is 70.3 Å². The molecule has 0 atom stereocenters. The molecular formula is C21H23NO2. The van der Waals surface area contributed by atoms with Crippen LogP contribution in [0.4, 0.5) is 0 Å². The van der Waals surface area contributed by atoms with Crippen molar-refractivity contribution >= 4 is 11.8 Å². The Kier molecular flexibility index (Phi) is 4.27. The molecular weight excluding hydrogens is 298 g/mol. The van der Waals surface area contributed by atoms with Crippen LogP contribution < -0.4 is 0 Å². The number of nitrogens with zero attached hydrogens (tertiary/aromatic N) is 1. The average molecular weight is 321 g/mol. The molecule has 3 nitrogen and oxygen atoms in total. The molecule has 1 aliphatic rings. The van der Waals surface area contributed by atoms with Crippen molar-refractivity contribution in [1.29, 1.82) is 0 Å². The molecule has 24 heavy (non-hydrogen) atoms. The van der Waals surface area contributed by atoms with Crippen LogP contribution in [-0.2, 0) is 6.54 Å². The average Bonchev–Trinajstić information content (AvgIpc) is 2.80. The van der Waals surface area contributed by atoms with E-state index in [0.717, 1.165) is 5.56 Å². The van der Waals surface area contributed by atoms with Crippen LogP contribution in [0.2, 0.25) is 0 Å². The Bertz CT molecular complexity index is 744. The molecule has 0 saturated heterocycles. The van der Waals surface area contributed by atoms with Crippen LogP contribution in [0.25, 0.3) is 0 Å². The molecule has 2 aromatic carbocycles. The predicted octanol–water partition coefficient (Wildman–Crippen LogP) is 4.73. The van der Waals surface area contributed by atoms with Crippen LogP contribution in [-0.4, -0.2) is 16.7 Å². The first-order chi connectivity index (χ1) is 11.4. The highest BCUT2D eigenvalue weighted by Gasteiger charge is 2.35. The van der Waals surface area contributed by atoms with E-state index < -0.39 is 0 Å². The zero-order valence-corrected chi connectivity index (χ0v) is 14.7. The standard InChI is InChI=1S/C21H23NO2/c1-13(2)15-10-7-11-16(14(3)4)19(15)12-22-20(23)17-8-5-6-9-18(17)21(22)24/h5-11,13-14H,12H2,1-4H3. The Morgan fingerprint density at radius 2 is 1.21 bits per heavy atom. The summed E-state index contributed by atoms with van der Waals surface area (Å²) in [7, 11) is 0. The third kappa shape index (κ3) is 2.64. The van der Waals surface area contributed by atoms with Crippen LogP contribution in [0.3, 0.4) is 0 Å². The number of imide groups is 1. The SMILES string of the molecule is CC(C)c1cccc(C(C)C)c1CN1C(=O)c2ccccc2C1=O. The molecule has 0 aromatic heterocycles. The summed E-state index contributed by atoms with van der Waals surface area (Å²) >= 11 is 0. The summed E-state index contributed by atoms with van der Waals surface area (Å²) in [5, 5.41) is 0. The van der Waals surface area contributed by atoms with Gasteiger partial charge in [-0.3, -0.25) is 14.5 Å². The number of hydrogen-bond acceptors (Lipinski definition) is 2. The van der Waals surface area contributed by atoms with Gasteiger partial charge in [0.1, 0.15) is 0 Å². The topological polar surface area (TPSA) is 37.4 Å². The van der Waals surface area contributed by atoms with Crippen LogP contribution >= 0.6 is 0 Å². The molecule has 0 spiro atoms. The van der Waals surface area contributed by atoms with Gasteiger partial charge in [0.25, 0.3) is 11.8 Å². The number of fused-ring (bicyclic) bond motifs is 1. The molecule has 0 unspecified atom stereocenters. The zero-order valence-electron chi connectivity index (χ0n) is 14.7. The van der Waals surface area contributed by atoms with Gasteiger partial charge in [0.05, 0.1) is 17.7 Å². The summed E-state index contributed by atoms with van der Waals surface area (Å²) < 4.78 is 0. The summed E-state index contributed by atoms with van der Waals surface area (Å²) in [6, 6.07) is 13.3. The fourth-order valence-corrected chi connectivity index (χ4v) is 3.43. The predicted molar refractivity (Wildman–Crippen MR) is 95.3 cm³/mol. The number of benzene rings is 2. The minimum atomic E-state index is -0.191. The van der Waals surface area contributed by atoms with Crippen molar-refractivity contribution in [1.82, 2.24) is 4.90 Å². The molecule has 3 rings (SSSR count). The third-order valence-electron chi connectivity index (χ3n) is 4.69. The quantitative estimate of drug-likeness (QED) is 0.763. The van der Waals surface area contributed by atoms with Gasteiger partial charge >= 0.3 is 0 Å². The molecule has 2 amide bonds. The van der Waals surface area contributed by atoms with E-state index in [0.29, 0.717) is 29.5 Å². The molecule has 3 heteroatoms. The van der Waals surface area contributed by atoms with Crippen molar-refractivity contribution in [3.8, 4) is 0 Å². The summed E-state index contributed by atoms with van der Waals surface area (Å²) in [6.45, 7) is 8.92. The largest absolute Gasteiger partial charge is 0.270 e. The van der Waals surface area contributed by atoms with Gasteiger partial charge in [0.15, 0.2) is 0 Å². The Labute approximate surface area is 143 Å². The fraction of sp³-hybridized carbons (Fsp3) is 0.333. The van der Waals surface area contributed by atoms with Gasteiger partial charge in [-0.1, -0.05) is 58.0 Å². The molecule has 0 saturated carbocycles. The monoisotopic (exact) mass is 321 g/mol. The fourth-order valence-electron chi connectivity index (χ4n) is 3.43. The second-order valence-electron chi connectivity index (χ2n) is 6.97. The lowest BCUT2D eigenvalue weighted by Crippen LogP contribution is -2.30. The zero-order chi connectivity index (χ0) is 17.4. The minimum Gasteiger partial charge on any atom is -0.270 e. The molecule has 0 fully saturated rings. The molecule has 1 heterocycles.